The van der Waals surface area contributed by atoms with E-state index in [1.807, 2.05) is 30.3 Å². The van der Waals surface area contributed by atoms with E-state index in [4.69, 9.17) is 5.11 Å². The topological polar surface area (TPSA) is 69.6 Å². The van der Waals surface area contributed by atoms with Crippen molar-refractivity contribution in [3.05, 3.63) is 35.9 Å². The van der Waals surface area contributed by atoms with E-state index < -0.39 is 5.97 Å². The molecular weight excluding hydrogens is 268 g/mol. The molecule has 1 aromatic rings. The van der Waals surface area contributed by atoms with Crippen molar-refractivity contribution in [3.8, 4) is 0 Å². The van der Waals surface area contributed by atoms with Crippen molar-refractivity contribution < 1.29 is 14.7 Å². The van der Waals surface area contributed by atoms with Gasteiger partial charge in [-0.25, -0.2) is 0 Å². The first-order valence-corrected chi connectivity index (χ1v) is 7.27. The minimum Gasteiger partial charge on any atom is -0.481 e. The van der Waals surface area contributed by atoms with Crippen LogP contribution in [0.4, 0.5) is 0 Å². The zero-order chi connectivity index (χ0) is 15.7. The molecule has 0 aliphatic carbocycles. The molecule has 0 heterocycles. The van der Waals surface area contributed by atoms with Crippen LogP contribution in [0.15, 0.2) is 30.3 Å². The number of carboxylic acid groups (broad SMARTS) is 1. The highest BCUT2D eigenvalue weighted by Gasteiger charge is 2.15. The normalized spacial score (nSPS) is 12.1. The number of nitrogens with one attached hydrogen (secondary N) is 1. The van der Waals surface area contributed by atoms with E-state index in [0.29, 0.717) is 6.54 Å². The Bertz CT molecular complexity index is 448. The molecule has 0 aromatic heterocycles. The predicted molar refractivity (Wildman–Crippen MR) is 82.0 cm³/mol. The number of carbonyl (C=O) groups excluding carboxylic acids is 1. The quantitative estimate of drug-likeness (QED) is 0.731. The lowest BCUT2D eigenvalue weighted by molar-refractivity contribution is -0.137. The van der Waals surface area contributed by atoms with Gasteiger partial charge in [-0.05, 0) is 19.0 Å². The Morgan fingerprint density at radius 1 is 1.29 bits per heavy atom. The van der Waals surface area contributed by atoms with Gasteiger partial charge >= 0.3 is 5.97 Å². The first-order valence-electron chi connectivity index (χ1n) is 7.27. The van der Waals surface area contributed by atoms with Crippen molar-refractivity contribution in [3.63, 3.8) is 0 Å². The lowest BCUT2D eigenvalue weighted by atomic mass is 10.0. The largest absolute Gasteiger partial charge is 0.481 e. The number of hydrogen-bond acceptors (Lipinski definition) is 3. The van der Waals surface area contributed by atoms with Gasteiger partial charge < -0.3 is 10.4 Å². The first-order chi connectivity index (χ1) is 10.0. The molecule has 1 amide bonds. The van der Waals surface area contributed by atoms with Gasteiger partial charge in [0.2, 0.25) is 5.91 Å². The van der Waals surface area contributed by atoms with Crippen LogP contribution in [0.2, 0.25) is 0 Å². The zero-order valence-electron chi connectivity index (χ0n) is 12.7. The molecule has 0 spiro atoms. The summed E-state index contributed by atoms with van der Waals surface area (Å²) in [5.41, 5.74) is 1.10. The number of hydrogen-bond donors (Lipinski definition) is 2. The third kappa shape index (κ3) is 6.90. The molecule has 5 nitrogen and oxygen atoms in total. The molecule has 1 unspecified atom stereocenters. The fourth-order valence-electron chi connectivity index (χ4n) is 2.15. The lowest BCUT2D eigenvalue weighted by Crippen LogP contribution is -2.38. The number of nitrogens with zero attached hydrogens (tertiary/aromatic N) is 1. The highest BCUT2D eigenvalue weighted by Crippen LogP contribution is 2.17. The summed E-state index contributed by atoms with van der Waals surface area (Å²) in [6, 6.07) is 9.90. The number of benzene rings is 1. The summed E-state index contributed by atoms with van der Waals surface area (Å²) in [5.74, 6) is -0.930. The molecule has 2 N–H and O–H groups in total. The number of carboxylic acids is 1. The summed E-state index contributed by atoms with van der Waals surface area (Å²) in [6.07, 6.45) is 1.91. The SMILES string of the molecule is CCCC(NC(=O)CN(C)CCC(=O)O)c1ccccc1. The molecule has 0 saturated carbocycles. The van der Waals surface area contributed by atoms with Gasteiger partial charge in [0, 0.05) is 6.54 Å². The minimum atomic E-state index is -0.851. The maximum Gasteiger partial charge on any atom is 0.304 e. The van der Waals surface area contributed by atoms with E-state index >= 15 is 0 Å². The van der Waals surface area contributed by atoms with Gasteiger partial charge in [0.05, 0.1) is 19.0 Å². The average Bonchev–Trinajstić information content (AvgIpc) is 2.45. The summed E-state index contributed by atoms with van der Waals surface area (Å²) >= 11 is 0. The summed E-state index contributed by atoms with van der Waals surface area (Å²) in [4.78, 5) is 24.3. The van der Waals surface area contributed by atoms with Crippen LogP contribution in [0, 0.1) is 0 Å². The molecule has 5 heteroatoms. The molecule has 0 fully saturated rings. The molecule has 1 rings (SSSR count). The van der Waals surface area contributed by atoms with E-state index in [1.54, 1.807) is 11.9 Å². The van der Waals surface area contributed by atoms with Gasteiger partial charge in [-0.2, -0.15) is 0 Å². The van der Waals surface area contributed by atoms with E-state index in [0.717, 1.165) is 18.4 Å². The molecule has 116 valence electrons. The second-order valence-electron chi connectivity index (χ2n) is 5.20. The Kier molecular flexibility index (Phi) is 7.46. The maximum absolute atomic E-state index is 12.1. The van der Waals surface area contributed by atoms with Crippen LogP contribution in [0.5, 0.6) is 0 Å². The predicted octanol–water partition coefficient (Wildman–Crippen LogP) is 2.05. The van der Waals surface area contributed by atoms with E-state index in [9.17, 15) is 9.59 Å². The van der Waals surface area contributed by atoms with Crippen LogP contribution in [0.1, 0.15) is 37.8 Å². The number of rotatable bonds is 9. The molecular formula is C16H24N2O3. The summed E-state index contributed by atoms with van der Waals surface area (Å²) < 4.78 is 0. The number of carbonyl (C=O) groups is 2. The number of aliphatic carboxylic acids is 1. The molecule has 1 aromatic carbocycles. The molecule has 0 aliphatic rings. The molecule has 0 saturated heterocycles. The second kappa shape index (κ2) is 9.13. The van der Waals surface area contributed by atoms with Crippen molar-refractivity contribution >= 4 is 11.9 Å². The fourth-order valence-corrected chi connectivity index (χ4v) is 2.15. The summed E-state index contributed by atoms with van der Waals surface area (Å²) in [6.45, 7) is 2.66. The van der Waals surface area contributed by atoms with E-state index in [2.05, 4.69) is 12.2 Å². The standard InChI is InChI=1S/C16H24N2O3/c1-3-7-14(13-8-5-4-6-9-13)17-15(19)12-18(2)11-10-16(20)21/h4-6,8-9,14H,3,7,10-12H2,1-2H3,(H,17,19)(H,20,21). The molecule has 0 bridgehead atoms. The third-order valence-electron chi connectivity index (χ3n) is 3.24. The van der Waals surface area contributed by atoms with Crippen LogP contribution in [0.3, 0.4) is 0 Å². The van der Waals surface area contributed by atoms with Crippen LogP contribution < -0.4 is 5.32 Å². The van der Waals surface area contributed by atoms with Crippen molar-refractivity contribution in [2.45, 2.75) is 32.2 Å². The molecule has 0 radical (unpaired) electrons. The van der Waals surface area contributed by atoms with Gasteiger partial charge in [0.15, 0.2) is 0 Å². The van der Waals surface area contributed by atoms with Crippen molar-refractivity contribution in [2.24, 2.45) is 0 Å². The number of amides is 1. The highest BCUT2D eigenvalue weighted by molar-refractivity contribution is 5.78. The summed E-state index contributed by atoms with van der Waals surface area (Å²) in [5, 5.41) is 11.7. The van der Waals surface area contributed by atoms with Gasteiger partial charge in [-0.3, -0.25) is 14.5 Å². The lowest BCUT2D eigenvalue weighted by Gasteiger charge is -2.21. The molecule has 0 aliphatic heterocycles. The van der Waals surface area contributed by atoms with E-state index in [1.165, 1.54) is 0 Å². The Morgan fingerprint density at radius 3 is 2.52 bits per heavy atom. The maximum atomic E-state index is 12.1. The van der Waals surface area contributed by atoms with Crippen LogP contribution in [-0.4, -0.2) is 42.0 Å². The zero-order valence-corrected chi connectivity index (χ0v) is 12.7. The van der Waals surface area contributed by atoms with E-state index in [-0.39, 0.29) is 24.9 Å². The van der Waals surface area contributed by atoms with Gasteiger partial charge in [0.1, 0.15) is 0 Å². The molecule has 1 atom stereocenters. The minimum absolute atomic E-state index is 0.0107. The smallest absolute Gasteiger partial charge is 0.304 e. The Hall–Kier alpha value is -1.88. The monoisotopic (exact) mass is 292 g/mol. The third-order valence-corrected chi connectivity index (χ3v) is 3.24. The van der Waals surface area contributed by atoms with Crippen LogP contribution in [-0.2, 0) is 9.59 Å². The summed E-state index contributed by atoms with van der Waals surface area (Å²) in [7, 11) is 1.75. The Balaban J connectivity index is 2.51. The Morgan fingerprint density at radius 2 is 1.95 bits per heavy atom. The van der Waals surface area contributed by atoms with Crippen molar-refractivity contribution in [2.75, 3.05) is 20.1 Å². The highest BCUT2D eigenvalue weighted by atomic mass is 16.4. The number of likely N-dealkylation sites (N-methyl/N-ethyl adjacent to an activating group) is 1. The first kappa shape index (κ1) is 17.2. The van der Waals surface area contributed by atoms with Crippen LogP contribution in [0.25, 0.3) is 0 Å². The average molecular weight is 292 g/mol. The van der Waals surface area contributed by atoms with Crippen molar-refractivity contribution in [1.29, 1.82) is 0 Å². The van der Waals surface area contributed by atoms with Gasteiger partial charge in [0.25, 0.3) is 0 Å². The van der Waals surface area contributed by atoms with Crippen molar-refractivity contribution in [1.82, 2.24) is 10.2 Å². The van der Waals surface area contributed by atoms with Crippen LogP contribution >= 0.6 is 0 Å². The second-order valence-corrected chi connectivity index (χ2v) is 5.20. The Labute approximate surface area is 126 Å². The molecule has 21 heavy (non-hydrogen) atoms. The van der Waals surface area contributed by atoms with Gasteiger partial charge in [-0.1, -0.05) is 43.7 Å². The fraction of sp³-hybridized carbons (Fsp3) is 0.500. The van der Waals surface area contributed by atoms with Gasteiger partial charge in [-0.15, -0.1) is 0 Å².